The van der Waals surface area contributed by atoms with Crippen LogP contribution in [0.4, 0.5) is 10.5 Å². The second-order valence-electron chi connectivity index (χ2n) is 5.45. The number of nitro benzene ring substituents is 1. The van der Waals surface area contributed by atoms with Crippen molar-refractivity contribution in [2.45, 2.75) is 32.4 Å². The number of non-ortho nitro benzene ring substituents is 1. The topological polar surface area (TPSA) is 108 Å². The molecule has 1 amide bonds. The highest BCUT2D eigenvalue weighted by atomic mass is 16.6. The molecule has 0 aliphatic rings. The van der Waals surface area contributed by atoms with E-state index >= 15 is 0 Å². The van der Waals surface area contributed by atoms with Crippen molar-refractivity contribution < 1.29 is 24.0 Å². The van der Waals surface area contributed by atoms with Crippen molar-refractivity contribution in [1.82, 2.24) is 5.32 Å². The summed E-state index contributed by atoms with van der Waals surface area (Å²) < 4.78 is 9.71. The Balaban J connectivity index is 2.96. The van der Waals surface area contributed by atoms with Crippen LogP contribution in [0, 0.1) is 10.1 Å². The lowest BCUT2D eigenvalue weighted by Crippen LogP contribution is -2.38. The number of nitro groups is 1. The van der Waals surface area contributed by atoms with Gasteiger partial charge in [0.25, 0.3) is 5.69 Å². The largest absolute Gasteiger partial charge is 0.467 e. The maximum Gasteiger partial charge on any atom is 0.408 e. The molecular formula is C14H18N2O6. The molecule has 0 spiro atoms. The molecule has 1 N–H and O–H groups in total. The molecule has 0 saturated carbocycles. The Morgan fingerprint density at radius 2 is 1.77 bits per heavy atom. The van der Waals surface area contributed by atoms with Crippen LogP contribution < -0.4 is 5.32 Å². The van der Waals surface area contributed by atoms with Crippen LogP contribution in [0.15, 0.2) is 24.3 Å². The fourth-order valence-electron chi connectivity index (χ4n) is 1.61. The zero-order chi connectivity index (χ0) is 16.9. The van der Waals surface area contributed by atoms with E-state index in [9.17, 15) is 19.7 Å². The van der Waals surface area contributed by atoms with E-state index < -0.39 is 28.6 Å². The first-order valence-corrected chi connectivity index (χ1v) is 6.46. The van der Waals surface area contributed by atoms with Crippen molar-refractivity contribution in [3.05, 3.63) is 39.9 Å². The first kappa shape index (κ1) is 17.4. The first-order chi connectivity index (χ1) is 10.1. The van der Waals surface area contributed by atoms with Gasteiger partial charge in [0.1, 0.15) is 5.60 Å². The van der Waals surface area contributed by atoms with Crippen LogP contribution in [0.5, 0.6) is 0 Å². The minimum Gasteiger partial charge on any atom is -0.467 e. The van der Waals surface area contributed by atoms with E-state index in [1.807, 2.05) is 0 Å². The average molecular weight is 310 g/mol. The fourth-order valence-corrected chi connectivity index (χ4v) is 1.61. The maximum atomic E-state index is 11.8. The standard InChI is InChI=1S/C14H18N2O6/c1-14(2,3)22-13(18)15-11(12(17)21-4)9-5-7-10(8-6-9)16(19)20/h5-8,11H,1-4H3,(H,15,18). The smallest absolute Gasteiger partial charge is 0.408 e. The zero-order valence-corrected chi connectivity index (χ0v) is 12.8. The van der Waals surface area contributed by atoms with Crippen molar-refractivity contribution in [1.29, 1.82) is 0 Å². The number of nitrogens with zero attached hydrogens (tertiary/aromatic N) is 1. The summed E-state index contributed by atoms with van der Waals surface area (Å²) in [4.78, 5) is 33.7. The molecule has 22 heavy (non-hydrogen) atoms. The number of hydrogen-bond donors (Lipinski definition) is 1. The number of alkyl carbamates (subject to hydrolysis) is 1. The highest BCUT2D eigenvalue weighted by Gasteiger charge is 2.26. The second-order valence-corrected chi connectivity index (χ2v) is 5.45. The fraction of sp³-hybridized carbons (Fsp3) is 0.429. The molecule has 0 fully saturated rings. The molecule has 8 heteroatoms. The van der Waals surface area contributed by atoms with Gasteiger partial charge in [-0.05, 0) is 38.5 Å². The molecule has 8 nitrogen and oxygen atoms in total. The highest BCUT2D eigenvalue weighted by Crippen LogP contribution is 2.19. The van der Waals surface area contributed by atoms with Gasteiger partial charge >= 0.3 is 12.1 Å². The van der Waals surface area contributed by atoms with Crippen molar-refractivity contribution in [2.75, 3.05) is 7.11 Å². The number of nitrogens with one attached hydrogen (secondary N) is 1. The van der Waals surface area contributed by atoms with Crippen LogP contribution in [-0.2, 0) is 14.3 Å². The molecule has 0 heterocycles. The van der Waals surface area contributed by atoms with Gasteiger partial charge in [0.2, 0.25) is 0 Å². The third-order valence-corrected chi connectivity index (χ3v) is 2.54. The first-order valence-electron chi connectivity index (χ1n) is 6.46. The second kappa shape index (κ2) is 6.88. The number of hydrogen-bond acceptors (Lipinski definition) is 6. The number of benzene rings is 1. The summed E-state index contributed by atoms with van der Waals surface area (Å²) in [6.45, 7) is 5.06. The monoisotopic (exact) mass is 310 g/mol. The van der Waals surface area contributed by atoms with E-state index in [1.54, 1.807) is 20.8 Å². The van der Waals surface area contributed by atoms with E-state index in [-0.39, 0.29) is 5.69 Å². The van der Waals surface area contributed by atoms with Crippen LogP contribution in [0.25, 0.3) is 0 Å². The van der Waals surface area contributed by atoms with Crippen molar-refractivity contribution in [3.8, 4) is 0 Å². The molecule has 1 aromatic carbocycles. The molecule has 0 radical (unpaired) electrons. The van der Waals surface area contributed by atoms with Crippen LogP contribution in [0.2, 0.25) is 0 Å². The zero-order valence-electron chi connectivity index (χ0n) is 12.8. The Labute approximate surface area is 127 Å². The Hall–Kier alpha value is -2.64. The summed E-state index contributed by atoms with van der Waals surface area (Å²) in [5, 5.41) is 13.0. The molecule has 0 aromatic heterocycles. The summed E-state index contributed by atoms with van der Waals surface area (Å²) in [5.74, 6) is -0.709. The van der Waals surface area contributed by atoms with E-state index in [2.05, 4.69) is 10.1 Å². The number of ether oxygens (including phenoxy) is 2. The summed E-state index contributed by atoms with van der Waals surface area (Å²) in [6.07, 6.45) is -0.791. The van der Waals surface area contributed by atoms with Crippen LogP contribution in [0.1, 0.15) is 32.4 Å². The lowest BCUT2D eigenvalue weighted by atomic mass is 10.1. The average Bonchev–Trinajstić information content (AvgIpc) is 2.42. The Morgan fingerprint density at radius 1 is 1.23 bits per heavy atom. The van der Waals surface area contributed by atoms with Gasteiger partial charge in [-0.2, -0.15) is 0 Å². The summed E-state index contributed by atoms with van der Waals surface area (Å²) in [7, 11) is 1.18. The van der Waals surface area contributed by atoms with E-state index in [1.165, 1.54) is 31.4 Å². The highest BCUT2D eigenvalue weighted by molar-refractivity contribution is 5.82. The Morgan fingerprint density at radius 3 is 2.18 bits per heavy atom. The number of rotatable bonds is 4. The number of amides is 1. The quantitative estimate of drug-likeness (QED) is 0.519. The van der Waals surface area contributed by atoms with Gasteiger partial charge in [-0.1, -0.05) is 0 Å². The van der Waals surface area contributed by atoms with Crippen LogP contribution in [-0.4, -0.2) is 29.7 Å². The SMILES string of the molecule is COC(=O)C(NC(=O)OC(C)(C)C)c1ccc([N+](=O)[O-])cc1. The lowest BCUT2D eigenvalue weighted by Gasteiger charge is -2.22. The normalized spacial score (nSPS) is 12.2. The molecule has 1 atom stereocenters. The van der Waals surface area contributed by atoms with Gasteiger partial charge in [-0.15, -0.1) is 0 Å². The number of carbonyl (C=O) groups excluding carboxylic acids is 2. The molecule has 120 valence electrons. The molecule has 0 aliphatic carbocycles. The molecular weight excluding hydrogens is 292 g/mol. The predicted octanol–water partition coefficient (Wildman–Crippen LogP) is 2.33. The molecule has 1 unspecified atom stereocenters. The van der Waals surface area contributed by atoms with Gasteiger partial charge in [-0.3, -0.25) is 10.1 Å². The van der Waals surface area contributed by atoms with Crippen LogP contribution >= 0.6 is 0 Å². The Kier molecular flexibility index (Phi) is 5.44. The van der Waals surface area contributed by atoms with E-state index in [0.717, 1.165) is 0 Å². The molecule has 1 rings (SSSR count). The molecule has 0 saturated heterocycles. The van der Waals surface area contributed by atoms with Crippen molar-refractivity contribution in [3.63, 3.8) is 0 Å². The summed E-state index contributed by atoms with van der Waals surface area (Å²) in [6, 6.07) is 4.11. The van der Waals surface area contributed by atoms with E-state index in [4.69, 9.17) is 4.74 Å². The number of esters is 1. The molecule has 0 bridgehead atoms. The van der Waals surface area contributed by atoms with Crippen molar-refractivity contribution in [2.24, 2.45) is 0 Å². The minimum absolute atomic E-state index is 0.121. The van der Waals surface area contributed by atoms with Crippen LogP contribution in [0.3, 0.4) is 0 Å². The third-order valence-electron chi connectivity index (χ3n) is 2.54. The maximum absolute atomic E-state index is 11.8. The van der Waals surface area contributed by atoms with Gasteiger partial charge in [0.15, 0.2) is 6.04 Å². The Bertz CT molecular complexity index is 562. The number of methoxy groups -OCH3 is 1. The van der Waals surface area contributed by atoms with E-state index in [0.29, 0.717) is 5.56 Å². The minimum atomic E-state index is -1.11. The van der Waals surface area contributed by atoms with Gasteiger partial charge in [-0.25, -0.2) is 9.59 Å². The van der Waals surface area contributed by atoms with Gasteiger partial charge < -0.3 is 14.8 Å². The number of carbonyl (C=O) groups is 2. The van der Waals surface area contributed by atoms with Crippen molar-refractivity contribution >= 4 is 17.7 Å². The van der Waals surface area contributed by atoms with Gasteiger partial charge in [0.05, 0.1) is 12.0 Å². The summed E-state index contributed by atoms with van der Waals surface area (Å²) in [5.41, 5.74) is -0.492. The predicted molar refractivity (Wildman–Crippen MR) is 77.2 cm³/mol. The molecule has 1 aromatic rings. The summed E-state index contributed by atoms with van der Waals surface area (Å²) >= 11 is 0. The van der Waals surface area contributed by atoms with Gasteiger partial charge in [0, 0.05) is 12.1 Å². The lowest BCUT2D eigenvalue weighted by molar-refractivity contribution is -0.384. The third kappa shape index (κ3) is 5.04. The molecule has 0 aliphatic heterocycles.